The molecule has 1 heterocycles. The van der Waals surface area contributed by atoms with E-state index in [4.69, 9.17) is 15.2 Å². The standard InChI is InChI=1S/C16H25N3O2/c1-20-14-7-6-8-15(13-14)21-12-9-18-16(17)19-10-4-2-3-5-11-19/h6-8,13H,2-5,9-12H2,1H3,(H2,17,18). The number of guanidine groups is 1. The minimum Gasteiger partial charge on any atom is -0.497 e. The minimum atomic E-state index is 0.516. The van der Waals surface area contributed by atoms with Gasteiger partial charge in [-0.05, 0) is 25.0 Å². The SMILES string of the molecule is COc1cccc(OCCN=C(N)N2CCCCCC2)c1. The monoisotopic (exact) mass is 291 g/mol. The lowest BCUT2D eigenvalue weighted by Crippen LogP contribution is -2.38. The summed E-state index contributed by atoms with van der Waals surface area (Å²) in [6.45, 7) is 3.12. The molecule has 2 N–H and O–H groups in total. The molecule has 1 aromatic rings. The Morgan fingerprint density at radius 1 is 1.19 bits per heavy atom. The van der Waals surface area contributed by atoms with Crippen molar-refractivity contribution in [2.75, 3.05) is 33.4 Å². The normalized spacial score (nSPS) is 16.4. The van der Waals surface area contributed by atoms with Crippen LogP contribution in [0.1, 0.15) is 25.7 Å². The number of benzene rings is 1. The first-order valence-corrected chi connectivity index (χ1v) is 7.61. The Kier molecular flexibility index (Phi) is 6.19. The van der Waals surface area contributed by atoms with Gasteiger partial charge in [-0.15, -0.1) is 0 Å². The molecule has 1 aromatic carbocycles. The zero-order chi connectivity index (χ0) is 14.9. The number of aliphatic imine (C=N–C) groups is 1. The van der Waals surface area contributed by atoms with Gasteiger partial charge < -0.3 is 20.1 Å². The maximum absolute atomic E-state index is 6.04. The van der Waals surface area contributed by atoms with Gasteiger partial charge in [-0.2, -0.15) is 0 Å². The number of nitrogens with two attached hydrogens (primary N) is 1. The van der Waals surface area contributed by atoms with E-state index in [-0.39, 0.29) is 0 Å². The highest BCUT2D eigenvalue weighted by Crippen LogP contribution is 2.18. The summed E-state index contributed by atoms with van der Waals surface area (Å²) in [7, 11) is 1.64. The van der Waals surface area contributed by atoms with Gasteiger partial charge in [-0.3, -0.25) is 0 Å². The van der Waals surface area contributed by atoms with Crippen molar-refractivity contribution in [2.24, 2.45) is 10.7 Å². The maximum Gasteiger partial charge on any atom is 0.191 e. The van der Waals surface area contributed by atoms with Crippen molar-refractivity contribution in [1.82, 2.24) is 4.90 Å². The van der Waals surface area contributed by atoms with E-state index in [0.717, 1.165) is 24.6 Å². The third-order valence-electron chi connectivity index (χ3n) is 3.61. The number of nitrogens with zero attached hydrogens (tertiary/aromatic N) is 2. The average molecular weight is 291 g/mol. The van der Waals surface area contributed by atoms with Crippen LogP contribution in [0.5, 0.6) is 11.5 Å². The van der Waals surface area contributed by atoms with Crippen molar-refractivity contribution in [3.63, 3.8) is 0 Å². The second kappa shape index (κ2) is 8.39. The summed E-state index contributed by atoms with van der Waals surface area (Å²) in [4.78, 5) is 6.59. The van der Waals surface area contributed by atoms with E-state index < -0.39 is 0 Å². The molecule has 0 aliphatic carbocycles. The molecule has 116 valence electrons. The van der Waals surface area contributed by atoms with E-state index in [2.05, 4.69) is 9.89 Å². The summed E-state index contributed by atoms with van der Waals surface area (Å²) in [6, 6.07) is 7.57. The second-order valence-electron chi connectivity index (χ2n) is 5.17. The number of methoxy groups -OCH3 is 1. The van der Waals surface area contributed by atoms with Gasteiger partial charge in [0.25, 0.3) is 0 Å². The molecule has 1 saturated heterocycles. The first-order chi connectivity index (χ1) is 10.3. The number of hydrogen-bond donors (Lipinski definition) is 1. The molecule has 0 saturated carbocycles. The van der Waals surface area contributed by atoms with Gasteiger partial charge in [-0.25, -0.2) is 4.99 Å². The summed E-state index contributed by atoms with van der Waals surface area (Å²) < 4.78 is 10.8. The smallest absolute Gasteiger partial charge is 0.191 e. The fourth-order valence-electron chi connectivity index (χ4n) is 2.41. The highest BCUT2D eigenvalue weighted by molar-refractivity contribution is 5.78. The summed E-state index contributed by atoms with van der Waals surface area (Å²) >= 11 is 0. The van der Waals surface area contributed by atoms with Gasteiger partial charge >= 0.3 is 0 Å². The molecule has 5 heteroatoms. The summed E-state index contributed by atoms with van der Waals surface area (Å²) in [5.74, 6) is 2.23. The van der Waals surface area contributed by atoms with Crippen LogP contribution in [0.2, 0.25) is 0 Å². The number of hydrogen-bond acceptors (Lipinski definition) is 3. The van der Waals surface area contributed by atoms with E-state index in [1.165, 1.54) is 25.7 Å². The van der Waals surface area contributed by atoms with Gasteiger partial charge in [-0.1, -0.05) is 18.9 Å². The Morgan fingerprint density at radius 3 is 2.62 bits per heavy atom. The molecule has 1 aliphatic rings. The van der Waals surface area contributed by atoms with Crippen LogP contribution < -0.4 is 15.2 Å². The van der Waals surface area contributed by atoms with Crippen LogP contribution in [0.3, 0.4) is 0 Å². The summed E-state index contributed by atoms with van der Waals surface area (Å²) in [5, 5.41) is 0. The minimum absolute atomic E-state index is 0.516. The van der Waals surface area contributed by atoms with E-state index >= 15 is 0 Å². The van der Waals surface area contributed by atoms with Gasteiger partial charge in [0, 0.05) is 19.2 Å². The molecule has 0 bridgehead atoms. The van der Waals surface area contributed by atoms with Crippen LogP contribution in [0, 0.1) is 0 Å². The fourth-order valence-corrected chi connectivity index (χ4v) is 2.41. The fraction of sp³-hybridized carbons (Fsp3) is 0.562. The Balaban J connectivity index is 1.75. The van der Waals surface area contributed by atoms with Gasteiger partial charge in [0.2, 0.25) is 0 Å². The summed E-state index contributed by atoms with van der Waals surface area (Å²) in [6.07, 6.45) is 5.00. The third kappa shape index (κ3) is 5.17. The van der Waals surface area contributed by atoms with E-state index in [9.17, 15) is 0 Å². The molecule has 0 spiro atoms. The Bertz CT molecular complexity index is 455. The second-order valence-corrected chi connectivity index (χ2v) is 5.17. The maximum atomic E-state index is 6.04. The Morgan fingerprint density at radius 2 is 1.90 bits per heavy atom. The molecular formula is C16H25N3O2. The van der Waals surface area contributed by atoms with Crippen molar-refractivity contribution < 1.29 is 9.47 Å². The van der Waals surface area contributed by atoms with Crippen LogP contribution in [0.25, 0.3) is 0 Å². The molecule has 0 amide bonds. The van der Waals surface area contributed by atoms with E-state index in [1.807, 2.05) is 24.3 Å². The summed E-state index contributed by atoms with van der Waals surface area (Å²) in [5.41, 5.74) is 6.04. The van der Waals surface area contributed by atoms with Gasteiger partial charge in [0.05, 0.1) is 13.7 Å². The zero-order valence-corrected chi connectivity index (χ0v) is 12.8. The molecular weight excluding hydrogens is 266 g/mol. The van der Waals surface area contributed by atoms with Crippen molar-refractivity contribution >= 4 is 5.96 Å². The molecule has 5 nitrogen and oxygen atoms in total. The van der Waals surface area contributed by atoms with Crippen LogP contribution in [0.4, 0.5) is 0 Å². The third-order valence-corrected chi connectivity index (χ3v) is 3.61. The quantitative estimate of drug-likeness (QED) is 0.513. The van der Waals surface area contributed by atoms with Crippen LogP contribution in [-0.2, 0) is 0 Å². The van der Waals surface area contributed by atoms with Crippen molar-refractivity contribution in [3.8, 4) is 11.5 Å². The van der Waals surface area contributed by atoms with Crippen LogP contribution >= 0.6 is 0 Å². The van der Waals surface area contributed by atoms with Crippen molar-refractivity contribution in [1.29, 1.82) is 0 Å². The predicted molar refractivity (Wildman–Crippen MR) is 85.0 cm³/mol. The van der Waals surface area contributed by atoms with E-state index in [0.29, 0.717) is 19.1 Å². The Hall–Kier alpha value is -1.91. The lowest BCUT2D eigenvalue weighted by atomic mass is 10.2. The molecule has 0 atom stereocenters. The lowest BCUT2D eigenvalue weighted by Gasteiger charge is -2.21. The highest BCUT2D eigenvalue weighted by Gasteiger charge is 2.10. The molecule has 1 aliphatic heterocycles. The van der Waals surface area contributed by atoms with Crippen molar-refractivity contribution in [2.45, 2.75) is 25.7 Å². The number of ether oxygens (including phenoxy) is 2. The Labute approximate surface area is 126 Å². The van der Waals surface area contributed by atoms with Gasteiger partial charge in [0.15, 0.2) is 5.96 Å². The molecule has 0 radical (unpaired) electrons. The van der Waals surface area contributed by atoms with Crippen molar-refractivity contribution in [3.05, 3.63) is 24.3 Å². The topological polar surface area (TPSA) is 60.1 Å². The first kappa shape index (κ1) is 15.5. The molecule has 0 aromatic heterocycles. The molecule has 1 fully saturated rings. The van der Waals surface area contributed by atoms with Crippen LogP contribution in [0.15, 0.2) is 29.3 Å². The molecule has 0 unspecified atom stereocenters. The first-order valence-electron chi connectivity index (χ1n) is 7.61. The number of likely N-dealkylation sites (tertiary alicyclic amines) is 1. The molecule has 2 rings (SSSR count). The number of rotatable bonds is 5. The highest BCUT2D eigenvalue weighted by atomic mass is 16.5. The lowest BCUT2D eigenvalue weighted by molar-refractivity contribution is 0.324. The van der Waals surface area contributed by atoms with E-state index in [1.54, 1.807) is 7.11 Å². The average Bonchev–Trinajstić information content (AvgIpc) is 2.81. The van der Waals surface area contributed by atoms with Crippen LogP contribution in [-0.4, -0.2) is 44.2 Å². The predicted octanol–water partition coefficient (Wildman–Crippen LogP) is 2.26. The largest absolute Gasteiger partial charge is 0.497 e. The molecule has 21 heavy (non-hydrogen) atoms. The van der Waals surface area contributed by atoms with Gasteiger partial charge in [0.1, 0.15) is 18.1 Å². The zero-order valence-electron chi connectivity index (χ0n) is 12.8.